The predicted octanol–water partition coefficient (Wildman–Crippen LogP) is 2.21. The van der Waals surface area contributed by atoms with Gasteiger partial charge >= 0.3 is 6.09 Å². The number of hydrogen-bond acceptors (Lipinski definition) is 5. The molecule has 1 aliphatic rings. The first kappa shape index (κ1) is 20.4. The normalized spacial score (nSPS) is 27.0. The Balaban J connectivity index is 2.04. The third-order valence-corrected chi connectivity index (χ3v) is 6.14. The molecule has 1 fully saturated rings. The summed E-state index contributed by atoms with van der Waals surface area (Å²) in [7, 11) is 0. The monoisotopic (exact) mass is 432 g/mol. The van der Waals surface area contributed by atoms with Crippen LogP contribution < -0.4 is 11.1 Å². The fourth-order valence-electron chi connectivity index (χ4n) is 2.80. The van der Waals surface area contributed by atoms with Crippen LogP contribution in [0, 0.1) is 5.92 Å². The summed E-state index contributed by atoms with van der Waals surface area (Å²) in [6.07, 6.45) is -0.843. The number of alkyl carbamates (subject to hydrolysis) is 1. The van der Waals surface area contributed by atoms with Crippen LogP contribution in [-0.2, 0) is 22.3 Å². The van der Waals surface area contributed by atoms with E-state index in [0.29, 0.717) is 17.9 Å². The number of anilines is 1. The Labute approximate surface area is 159 Å². The van der Waals surface area contributed by atoms with Crippen LogP contribution in [-0.4, -0.2) is 45.0 Å². The van der Waals surface area contributed by atoms with Crippen LogP contribution >= 0.6 is 15.9 Å². The fourth-order valence-corrected chi connectivity index (χ4v) is 4.83. The molecule has 6 nitrogen and oxygen atoms in total. The molecule has 1 unspecified atom stereocenters. The number of aliphatic hydroxyl groups excluding tert-OH is 1. The van der Waals surface area contributed by atoms with E-state index < -0.39 is 35.0 Å². The van der Waals surface area contributed by atoms with Crippen molar-refractivity contribution in [3.8, 4) is 0 Å². The molecule has 0 radical (unpaired) electrons. The molecule has 0 spiro atoms. The van der Waals surface area contributed by atoms with Gasteiger partial charge in [0.15, 0.2) is 0 Å². The zero-order chi connectivity index (χ0) is 18.8. The lowest BCUT2D eigenvalue weighted by Crippen LogP contribution is -2.56. The van der Waals surface area contributed by atoms with Crippen molar-refractivity contribution in [2.75, 3.05) is 17.2 Å². The van der Waals surface area contributed by atoms with E-state index in [-0.39, 0.29) is 11.7 Å². The topological polar surface area (TPSA) is 108 Å². The summed E-state index contributed by atoms with van der Waals surface area (Å²) in [6, 6.07) is 4.99. The number of carbonyl (C=O) groups is 1. The molecule has 0 bridgehead atoms. The second kappa shape index (κ2) is 8.16. The third kappa shape index (κ3) is 6.06. The molecule has 25 heavy (non-hydrogen) atoms. The molecule has 1 aromatic carbocycles. The van der Waals surface area contributed by atoms with Crippen molar-refractivity contribution in [3.05, 3.63) is 28.2 Å². The maximum Gasteiger partial charge on any atom is 0.408 e. The van der Waals surface area contributed by atoms with E-state index >= 15 is 0 Å². The van der Waals surface area contributed by atoms with E-state index in [1.165, 1.54) is 0 Å². The number of aliphatic hydroxyl groups is 1. The van der Waals surface area contributed by atoms with Gasteiger partial charge in [-0.1, -0.05) is 17.2 Å². The molecule has 140 valence electrons. The SMILES string of the molecule is CC(C)(C)OC(=O)N[C@H]1C[S+]([O-])C[C@@H](Cc2ccc(N)c(Br)c2)[C@@H]1O. The summed E-state index contributed by atoms with van der Waals surface area (Å²) in [6.45, 7) is 5.30. The van der Waals surface area contributed by atoms with Gasteiger partial charge in [-0.05, 0) is 60.8 Å². The van der Waals surface area contributed by atoms with Crippen LogP contribution in [0.4, 0.5) is 10.5 Å². The van der Waals surface area contributed by atoms with Crippen LogP contribution in [0.3, 0.4) is 0 Å². The highest BCUT2D eigenvalue weighted by Crippen LogP contribution is 2.27. The Morgan fingerprint density at radius 2 is 2.16 bits per heavy atom. The number of carbonyl (C=O) groups excluding carboxylic acids is 1. The average molecular weight is 433 g/mol. The number of rotatable bonds is 3. The van der Waals surface area contributed by atoms with Crippen LogP contribution in [0.1, 0.15) is 26.3 Å². The molecule has 4 atom stereocenters. The molecule has 0 aromatic heterocycles. The number of halogens is 1. The van der Waals surface area contributed by atoms with Crippen LogP contribution in [0.5, 0.6) is 0 Å². The van der Waals surface area contributed by atoms with Gasteiger partial charge < -0.3 is 25.4 Å². The summed E-state index contributed by atoms with van der Waals surface area (Å²) in [4.78, 5) is 12.0. The van der Waals surface area contributed by atoms with Gasteiger partial charge in [0, 0.05) is 16.1 Å². The van der Waals surface area contributed by atoms with Gasteiger partial charge in [0.1, 0.15) is 23.1 Å². The number of hydrogen-bond donors (Lipinski definition) is 3. The van der Waals surface area contributed by atoms with Crippen LogP contribution in [0.15, 0.2) is 22.7 Å². The Bertz CT molecular complexity index is 623. The van der Waals surface area contributed by atoms with E-state index in [4.69, 9.17) is 10.5 Å². The number of benzene rings is 1. The van der Waals surface area contributed by atoms with Crippen molar-refractivity contribution in [3.63, 3.8) is 0 Å². The van der Waals surface area contributed by atoms with Gasteiger partial charge in [-0.25, -0.2) is 4.79 Å². The number of amides is 1. The average Bonchev–Trinajstić information content (AvgIpc) is 2.45. The standard InChI is InChI=1S/C17H25BrN2O4S/c1-17(2,3)24-16(22)20-14-9-25(23)8-11(15(14)21)6-10-4-5-13(19)12(18)7-10/h4-5,7,11,14-15,21H,6,8-9,19H2,1-3H3,(H,20,22)/t11-,14+,15+,25?/m1/s1. The zero-order valence-electron chi connectivity index (χ0n) is 14.6. The van der Waals surface area contributed by atoms with Gasteiger partial charge in [0.25, 0.3) is 0 Å². The van der Waals surface area contributed by atoms with Crippen LogP contribution in [0.2, 0.25) is 0 Å². The Morgan fingerprint density at radius 1 is 1.48 bits per heavy atom. The number of nitrogens with one attached hydrogen (secondary N) is 1. The van der Waals surface area contributed by atoms with Crippen molar-refractivity contribution >= 4 is 38.9 Å². The molecule has 8 heteroatoms. The Hall–Kier alpha value is -0.960. The summed E-state index contributed by atoms with van der Waals surface area (Å²) in [5.41, 5.74) is 6.79. The molecule has 0 aliphatic carbocycles. The second-order valence-electron chi connectivity index (χ2n) is 7.34. The van der Waals surface area contributed by atoms with Crippen molar-refractivity contribution < 1.29 is 19.2 Å². The number of ether oxygens (including phenoxy) is 1. The predicted molar refractivity (Wildman–Crippen MR) is 103 cm³/mol. The molecule has 2 rings (SSSR count). The molecule has 1 aliphatic heterocycles. The van der Waals surface area contributed by atoms with Gasteiger partial charge in [-0.15, -0.1) is 0 Å². The molecular formula is C17H25BrN2O4S. The maximum absolute atomic E-state index is 12.2. The number of nitrogen functional groups attached to an aromatic ring is 1. The van der Waals surface area contributed by atoms with E-state index in [1.807, 2.05) is 12.1 Å². The lowest BCUT2D eigenvalue weighted by molar-refractivity contribution is 0.0358. The quantitative estimate of drug-likeness (QED) is 0.501. The molecule has 0 saturated carbocycles. The van der Waals surface area contributed by atoms with Gasteiger partial charge in [-0.2, -0.15) is 0 Å². The highest BCUT2D eigenvalue weighted by atomic mass is 79.9. The first-order chi connectivity index (χ1) is 11.5. The summed E-state index contributed by atoms with van der Waals surface area (Å²) in [5, 5.41) is 13.3. The second-order valence-corrected chi connectivity index (χ2v) is 9.74. The number of nitrogens with two attached hydrogens (primary N) is 1. The largest absolute Gasteiger partial charge is 0.616 e. The fraction of sp³-hybridized carbons (Fsp3) is 0.588. The molecule has 1 amide bonds. The molecule has 1 heterocycles. The van der Waals surface area contributed by atoms with E-state index in [1.54, 1.807) is 26.8 Å². The minimum Gasteiger partial charge on any atom is -0.616 e. The van der Waals surface area contributed by atoms with E-state index in [9.17, 15) is 14.5 Å². The molecule has 4 N–H and O–H groups in total. The highest BCUT2D eigenvalue weighted by Gasteiger charge is 2.40. The minimum absolute atomic E-state index is 0.218. The first-order valence-electron chi connectivity index (χ1n) is 8.11. The summed E-state index contributed by atoms with van der Waals surface area (Å²) < 4.78 is 18.2. The summed E-state index contributed by atoms with van der Waals surface area (Å²) in [5.74, 6) is 0.405. The van der Waals surface area contributed by atoms with Crippen molar-refractivity contribution in [1.29, 1.82) is 0 Å². The van der Waals surface area contributed by atoms with Gasteiger partial charge in [-0.3, -0.25) is 0 Å². The lowest BCUT2D eigenvalue weighted by atomic mass is 9.91. The van der Waals surface area contributed by atoms with Gasteiger partial charge in [0.2, 0.25) is 0 Å². The van der Waals surface area contributed by atoms with E-state index in [2.05, 4.69) is 21.2 Å². The van der Waals surface area contributed by atoms with E-state index in [0.717, 1.165) is 10.0 Å². The lowest BCUT2D eigenvalue weighted by Gasteiger charge is -2.36. The zero-order valence-corrected chi connectivity index (χ0v) is 17.0. The van der Waals surface area contributed by atoms with Crippen molar-refractivity contribution in [2.45, 2.75) is 44.9 Å². The molecular weight excluding hydrogens is 408 g/mol. The third-order valence-electron chi connectivity index (χ3n) is 3.93. The van der Waals surface area contributed by atoms with Crippen molar-refractivity contribution in [2.24, 2.45) is 5.92 Å². The molecule has 1 saturated heterocycles. The molecule has 1 aromatic rings. The maximum atomic E-state index is 12.2. The minimum atomic E-state index is -1.11. The Morgan fingerprint density at radius 3 is 2.76 bits per heavy atom. The van der Waals surface area contributed by atoms with Gasteiger partial charge in [0.05, 0.1) is 6.10 Å². The van der Waals surface area contributed by atoms with Crippen LogP contribution in [0.25, 0.3) is 0 Å². The van der Waals surface area contributed by atoms with Crippen molar-refractivity contribution in [1.82, 2.24) is 5.32 Å². The summed E-state index contributed by atoms with van der Waals surface area (Å²) >= 11 is 2.28. The smallest absolute Gasteiger partial charge is 0.408 e. The highest BCUT2D eigenvalue weighted by molar-refractivity contribution is 9.10. The first-order valence-corrected chi connectivity index (χ1v) is 10.4. The Kier molecular flexibility index (Phi) is 6.64.